The number of aliphatic hydroxyl groups is 1. The van der Waals surface area contributed by atoms with Crippen molar-refractivity contribution < 1.29 is 5.11 Å². The van der Waals surface area contributed by atoms with Crippen LogP contribution in [0.15, 0.2) is 0 Å². The molecule has 0 aromatic rings. The first-order valence-electron chi connectivity index (χ1n) is 11.4. The zero-order chi connectivity index (χ0) is 16.8. The molecule has 0 heterocycles. The number of hydrogen-bond donors (Lipinski definition) is 1. The van der Waals surface area contributed by atoms with Gasteiger partial charge in [-0.05, 0) is 93.8 Å². The van der Waals surface area contributed by atoms with Gasteiger partial charge >= 0.3 is 0 Å². The molecule has 3 fully saturated rings. The molecule has 1 heteroatoms. The number of unbranched alkanes of at least 4 members (excludes halogenated alkanes) is 2. The van der Waals surface area contributed by atoms with E-state index in [1.54, 1.807) is 12.8 Å². The van der Waals surface area contributed by atoms with Crippen LogP contribution in [0.5, 0.6) is 0 Å². The van der Waals surface area contributed by atoms with Crippen LogP contribution < -0.4 is 0 Å². The van der Waals surface area contributed by atoms with Crippen LogP contribution in [-0.4, -0.2) is 11.2 Å². The van der Waals surface area contributed by atoms with Crippen molar-refractivity contribution in [3.05, 3.63) is 0 Å². The summed E-state index contributed by atoms with van der Waals surface area (Å²) >= 11 is 0. The summed E-state index contributed by atoms with van der Waals surface area (Å²) in [4.78, 5) is 0. The lowest BCUT2D eigenvalue weighted by Crippen LogP contribution is -2.30. The molecular formula is C23H42O. The summed E-state index contributed by atoms with van der Waals surface area (Å²) in [5.41, 5.74) is 0. The molecule has 0 saturated heterocycles. The van der Waals surface area contributed by atoms with Crippen molar-refractivity contribution >= 4 is 0 Å². The molecular weight excluding hydrogens is 292 g/mol. The highest BCUT2D eigenvalue weighted by Crippen LogP contribution is 2.45. The van der Waals surface area contributed by atoms with E-state index >= 15 is 0 Å². The molecule has 0 aromatic heterocycles. The minimum atomic E-state index is 0.0186. The minimum Gasteiger partial charge on any atom is -0.393 e. The highest BCUT2D eigenvalue weighted by Gasteiger charge is 2.34. The van der Waals surface area contributed by atoms with E-state index in [-0.39, 0.29) is 6.10 Å². The molecule has 0 aromatic carbocycles. The SMILES string of the molecule is CCCCCC1CCC(C2CCC(C3CCC(O)CC3)CC2)CC1. The quantitative estimate of drug-likeness (QED) is 0.534. The molecule has 3 aliphatic rings. The fourth-order valence-electron chi connectivity index (χ4n) is 6.29. The van der Waals surface area contributed by atoms with Crippen LogP contribution in [0, 0.1) is 29.6 Å². The first kappa shape index (κ1) is 18.7. The Morgan fingerprint density at radius 3 is 1.46 bits per heavy atom. The fraction of sp³-hybridized carbons (Fsp3) is 1.00. The molecule has 1 N–H and O–H groups in total. The van der Waals surface area contributed by atoms with Gasteiger partial charge in [-0.1, -0.05) is 45.4 Å². The summed E-state index contributed by atoms with van der Waals surface area (Å²) in [5.74, 6) is 5.15. The molecule has 140 valence electrons. The van der Waals surface area contributed by atoms with Gasteiger partial charge in [0.05, 0.1) is 6.10 Å². The maximum Gasteiger partial charge on any atom is 0.0540 e. The third-order valence-electron chi connectivity index (χ3n) is 8.00. The molecule has 3 saturated carbocycles. The van der Waals surface area contributed by atoms with Gasteiger partial charge in [0, 0.05) is 0 Å². The van der Waals surface area contributed by atoms with Crippen molar-refractivity contribution in [3.63, 3.8) is 0 Å². The molecule has 24 heavy (non-hydrogen) atoms. The van der Waals surface area contributed by atoms with Gasteiger partial charge in [-0.15, -0.1) is 0 Å². The highest BCUT2D eigenvalue weighted by molar-refractivity contribution is 4.85. The Labute approximate surface area is 151 Å². The first-order chi connectivity index (χ1) is 11.8. The van der Waals surface area contributed by atoms with E-state index < -0.39 is 0 Å². The van der Waals surface area contributed by atoms with E-state index in [4.69, 9.17) is 0 Å². The van der Waals surface area contributed by atoms with E-state index in [1.807, 2.05) is 0 Å². The van der Waals surface area contributed by atoms with Crippen molar-refractivity contribution in [2.24, 2.45) is 29.6 Å². The van der Waals surface area contributed by atoms with Gasteiger partial charge in [0.25, 0.3) is 0 Å². The van der Waals surface area contributed by atoms with E-state index in [0.29, 0.717) is 0 Å². The maximum absolute atomic E-state index is 9.73. The van der Waals surface area contributed by atoms with Crippen LogP contribution in [0.2, 0.25) is 0 Å². The lowest BCUT2D eigenvalue weighted by Gasteiger charge is -2.41. The highest BCUT2D eigenvalue weighted by atomic mass is 16.3. The zero-order valence-corrected chi connectivity index (χ0v) is 16.2. The minimum absolute atomic E-state index is 0.0186. The molecule has 0 radical (unpaired) electrons. The molecule has 0 unspecified atom stereocenters. The van der Waals surface area contributed by atoms with Crippen LogP contribution >= 0.6 is 0 Å². The first-order valence-corrected chi connectivity index (χ1v) is 11.4. The predicted octanol–water partition coefficient (Wildman–Crippen LogP) is 6.73. The summed E-state index contributed by atoms with van der Waals surface area (Å²) < 4.78 is 0. The molecule has 0 aliphatic heterocycles. The van der Waals surface area contributed by atoms with Gasteiger partial charge < -0.3 is 5.11 Å². The molecule has 0 amide bonds. The molecule has 0 atom stereocenters. The maximum atomic E-state index is 9.73. The van der Waals surface area contributed by atoms with Gasteiger partial charge in [-0.25, -0.2) is 0 Å². The number of rotatable bonds is 6. The summed E-state index contributed by atoms with van der Waals surface area (Å²) in [7, 11) is 0. The number of hydrogen-bond acceptors (Lipinski definition) is 1. The molecule has 1 nitrogen and oxygen atoms in total. The summed E-state index contributed by atoms with van der Waals surface area (Å²) in [6.45, 7) is 2.32. The van der Waals surface area contributed by atoms with E-state index in [0.717, 1.165) is 42.4 Å². The van der Waals surface area contributed by atoms with Crippen molar-refractivity contribution in [1.82, 2.24) is 0 Å². The van der Waals surface area contributed by atoms with Crippen LogP contribution in [0.25, 0.3) is 0 Å². The average Bonchev–Trinajstić information content (AvgIpc) is 2.63. The summed E-state index contributed by atoms with van der Waals surface area (Å²) in [5, 5.41) is 9.73. The van der Waals surface area contributed by atoms with Gasteiger partial charge in [0.2, 0.25) is 0 Å². The van der Waals surface area contributed by atoms with Gasteiger partial charge in [-0.2, -0.15) is 0 Å². The molecule has 0 spiro atoms. The van der Waals surface area contributed by atoms with Crippen LogP contribution in [0.4, 0.5) is 0 Å². The average molecular weight is 335 g/mol. The van der Waals surface area contributed by atoms with Crippen molar-refractivity contribution in [2.75, 3.05) is 0 Å². The van der Waals surface area contributed by atoms with Crippen LogP contribution in [0.1, 0.15) is 110 Å². The Morgan fingerprint density at radius 2 is 1.00 bits per heavy atom. The van der Waals surface area contributed by atoms with Crippen LogP contribution in [0.3, 0.4) is 0 Å². The van der Waals surface area contributed by atoms with E-state index in [2.05, 4.69) is 6.92 Å². The van der Waals surface area contributed by atoms with Crippen molar-refractivity contribution in [1.29, 1.82) is 0 Å². The van der Waals surface area contributed by atoms with Crippen LogP contribution in [-0.2, 0) is 0 Å². The fourth-order valence-corrected chi connectivity index (χ4v) is 6.29. The van der Waals surface area contributed by atoms with E-state index in [1.165, 1.54) is 77.0 Å². The number of aliphatic hydroxyl groups excluding tert-OH is 1. The third kappa shape index (κ3) is 5.23. The zero-order valence-electron chi connectivity index (χ0n) is 16.2. The van der Waals surface area contributed by atoms with Crippen molar-refractivity contribution in [2.45, 2.75) is 116 Å². The molecule has 3 aliphatic carbocycles. The van der Waals surface area contributed by atoms with Crippen molar-refractivity contribution in [3.8, 4) is 0 Å². The second-order valence-electron chi connectivity index (χ2n) is 9.52. The Balaban J connectivity index is 1.34. The molecule has 3 rings (SSSR count). The standard InChI is InChI=1S/C23H42O/c1-2-3-4-5-18-6-8-19(9-7-18)20-10-12-21(13-11-20)22-14-16-23(24)17-15-22/h18-24H,2-17H2,1H3. The normalized spacial score (nSPS) is 41.2. The Hall–Kier alpha value is -0.0400. The van der Waals surface area contributed by atoms with Gasteiger partial charge in [0.15, 0.2) is 0 Å². The second-order valence-corrected chi connectivity index (χ2v) is 9.52. The Morgan fingerprint density at radius 1 is 0.583 bits per heavy atom. The monoisotopic (exact) mass is 334 g/mol. The summed E-state index contributed by atoms with van der Waals surface area (Å²) in [6, 6.07) is 0. The molecule has 0 bridgehead atoms. The Kier molecular flexibility index (Phi) is 7.50. The predicted molar refractivity (Wildman–Crippen MR) is 103 cm³/mol. The lowest BCUT2D eigenvalue weighted by molar-refractivity contribution is 0.0666. The lowest BCUT2D eigenvalue weighted by atomic mass is 9.65. The Bertz CT molecular complexity index is 328. The topological polar surface area (TPSA) is 20.2 Å². The largest absolute Gasteiger partial charge is 0.393 e. The smallest absolute Gasteiger partial charge is 0.0540 e. The third-order valence-corrected chi connectivity index (χ3v) is 8.00. The second kappa shape index (κ2) is 9.60. The van der Waals surface area contributed by atoms with Gasteiger partial charge in [0.1, 0.15) is 0 Å². The summed E-state index contributed by atoms with van der Waals surface area (Å²) in [6.07, 6.45) is 22.8. The van der Waals surface area contributed by atoms with Gasteiger partial charge in [-0.3, -0.25) is 0 Å². The van der Waals surface area contributed by atoms with E-state index in [9.17, 15) is 5.11 Å².